The van der Waals surface area contributed by atoms with Gasteiger partial charge in [0, 0.05) is 18.7 Å². The summed E-state index contributed by atoms with van der Waals surface area (Å²) in [7, 11) is -4.41. The number of ether oxygens (including phenoxy) is 2. The van der Waals surface area contributed by atoms with Gasteiger partial charge in [0.2, 0.25) is 11.6 Å². The molecule has 1 fully saturated rings. The summed E-state index contributed by atoms with van der Waals surface area (Å²) in [5.41, 5.74) is -2.33. The van der Waals surface area contributed by atoms with E-state index in [9.17, 15) is 36.2 Å². The summed E-state index contributed by atoms with van der Waals surface area (Å²) >= 11 is 0. The fourth-order valence-corrected chi connectivity index (χ4v) is 4.31. The minimum absolute atomic E-state index is 0.109. The summed E-state index contributed by atoms with van der Waals surface area (Å²) in [6.07, 6.45) is -5.94. The third kappa shape index (κ3) is 5.47. The molecule has 2 heterocycles. The van der Waals surface area contributed by atoms with Crippen molar-refractivity contribution in [2.75, 3.05) is 26.3 Å². The number of nitrogens with zero attached hydrogens (tertiary/aromatic N) is 4. The third-order valence-corrected chi connectivity index (χ3v) is 6.32. The van der Waals surface area contributed by atoms with Crippen molar-refractivity contribution >= 4 is 15.7 Å². The third-order valence-electron chi connectivity index (χ3n) is 4.61. The summed E-state index contributed by atoms with van der Waals surface area (Å²) in [6, 6.07) is 5.02. The lowest BCUT2D eigenvalue weighted by molar-refractivity contribution is -0.154. The number of aliphatic hydroxyl groups excluding tert-OH is 1. The Kier molecular flexibility index (Phi) is 6.75. The summed E-state index contributed by atoms with van der Waals surface area (Å²) in [5.74, 6) is -1.55. The highest BCUT2D eigenvalue weighted by Crippen LogP contribution is 2.32. The van der Waals surface area contributed by atoms with E-state index in [-0.39, 0.29) is 11.4 Å². The molecule has 33 heavy (non-hydrogen) atoms. The Bertz CT molecular complexity index is 1160. The fourth-order valence-electron chi connectivity index (χ4n) is 2.93. The molecule has 0 saturated carbocycles. The predicted octanol–water partition coefficient (Wildman–Crippen LogP) is 1.28. The monoisotopic (exact) mass is 492 g/mol. The van der Waals surface area contributed by atoms with Crippen LogP contribution in [-0.2, 0) is 10.0 Å². The molecule has 0 radical (unpaired) electrons. The first-order valence-electron chi connectivity index (χ1n) is 9.08. The Balaban J connectivity index is 1.77. The van der Waals surface area contributed by atoms with Crippen LogP contribution in [0.1, 0.15) is 0 Å². The van der Waals surface area contributed by atoms with Gasteiger partial charge in [-0.1, -0.05) is 0 Å². The van der Waals surface area contributed by atoms with Gasteiger partial charge in [0.25, 0.3) is 10.0 Å². The zero-order chi connectivity index (χ0) is 24.4. The second-order valence-corrected chi connectivity index (χ2v) is 8.89. The quantitative estimate of drug-likeness (QED) is 0.437. The maximum Gasteiger partial charge on any atom is 0.422 e. The molecule has 0 spiro atoms. The zero-order valence-electron chi connectivity index (χ0n) is 16.5. The summed E-state index contributed by atoms with van der Waals surface area (Å²) in [5, 5.41) is 26.3. The van der Waals surface area contributed by atoms with Crippen molar-refractivity contribution in [3.63, 3.8) is 0 Å². The highest BCUT2D eigenvalue weighted by atomic mass is 32.2. The normalized spacial score (nSPS) is 21.5. The number of aromatic nitrogens is 2. The van der Waals surface area contributed by atoms with E-state index < -0.39 is 70.9 Å². The van der Waals surface area contributed by atoms with Crippen LogP contribution in [0, 0.1) is 12.4 Å². The summed E-state index contributed by atoms with van der Waals surface area (Å²) in [4.78, 5) is 2.96. The molecule has 1 aromatic heterocycles. The topological polar surface area (TPSA) is 126 Å². The van der Waals surface area contributed by atoms with Gasteiger partial charge >= 0.3 is 6.18 Å². The first kappa shape index (κ1) is 24.6. The first-order chi connectivity index (χ1) is 15.4. The molecular weight excluding hydrogens is 476 g/mol. The van der Waals surface area contributed by atoms with E-state index >= 15 is 0 Å². The van der Waals surface area contributed by atoms with E-state index in [0.717, 1.165) is 28.6 Å². The lowest BCUT2D eigenvalue weighted by Gasteiger charge is -2.27. The Morgan fingerprint density at radius 3 is 2.55 bits per heavy atom. The second kappa shape index (κ2) is 9.06. The first-order valence-corrected chi connectivity index (χ1v) is 10.5. The van der Waals surface area contributed by atoms with Gasteiger partial charge in [-0.05, 0) is 18.2 Å². The lowest BCUT2D eigenvalue weighted by atomic mass is 10.0. The highest BCUT2D eigenvalue weighted by molar-refractivity contribution is 7.89. The maximum atomic E-state index is 13.8. The van der Waals surface area contributed by atoms with Gasteiger partial charge in [-0.15, -0.1) is 10.2 Å². The number of hydrogen-bond donors (Lipinski definition) is 2. The van der Waals surface area contributed by atoms with Crippen molar-refractivity contribution in [1.29, 1.82) is 0 Å². The molecule has 0 bridgehead atoms. The predicted molar refractivity (Wildman–Crippen MR) is 101 cm³/mol. The van der Waals surface area contributed by atoms with Gasteiger partial charge in [0.05, 0.1) is 19.7 Å². The Labute approximate surface area is 184 Å². The van der Waals surface area contributed by atoms with Gasteiger partial charge in [0.1, 0.15) is 23.3 Å². The van der Waals surface area contributed by atoms with Crippen molar-refractivity contribution in [3.05, 3.63) is 47.6 Å². The van der Waals surface area contributed by atoms with Crippen molar-refractivity contribution in [2.45, 2.75) is 22.9 Å². The minimum Gasteiger partial charge on any atom is -0.486 e. The molecule has 15 heteroatoms. The number of rotatable bonds is 7. The van der Waals surface area contributed by atoms with Gasteiger partial charge in [0.15, 0.2) is 11.6 Å². The van der Waals surface area contributed by atoms with E-state index in [1.54, 1.807) is 0 Å². The summed E-state index contributed by atoms with van der Waals surface area (Å²) in [6.45, 7) is 3.21. The van der Waals surface area contributed by atoms with Crippen LogP contribution in [0.2, 0.25) is 0 Å². The SMILES string of the molecule is [C-]#[N+]c1ccc(O[C@H]2CN(S(=O)(=O)c3ccc(OCC(F)(F)F)nn3)C[C@@]2(O)CO)cc1F. The van der Waals surface area contributed by atoms with Crippen molar-refractivity contribution < 1.29 is 45.7 Å². The number of β-amino-alcohol motifs (C(OH)–C–C–N with tert-alkyl or cyclic N) is 1. The molecule has 2 atom stereocenters. The van der Waals surface area contributed by atoms with Crippen LogP contribution in [0.15, 0.2) is 35.4 Å². The zero-order valence-corrected chi connectivity index (χ0v) is 17.3. The van der Waals surface area contributed by atoms with Crippen LogP contribution in [0.25, 0.3) is 4.85 Å². The number of hydrogen-bond acceptors (Lipinski definition) is 8. The van der Waals surface area contributed by atoms with Gasteiger partial charge in [-0.25, -0.2) is 17.7 Å². The highest BCUT2D eigenvalue weighted by Gasteiger charge is 2.51. The minimum atomic E-state index is -4.62. The number of benzene rings is 1. The number of alkyl halides is 3. The van der Waals surface area contributed by atoms with Crippen LogP contribution < -0.4 is 9.47 Å². The average Bonchev–Trinajstić information content (AvgIpc) is 3.10. The van der Waals surface area contributed by atoms with E-state index in [4.69, 9.17) is 11.3 Å². The second-order valence-electron chi connectivity index (χ2n) is 7.00. The molecule has 1 aromatic carbocycles. The smallest absolute Gasteiger partial charge is 0.422 e. The van der Waals surface area contributed by atoms with Crippen LogP contribution >= 0.6 is 0 Å². The van der Waals surface area contributed by atoms with Crippen LogP contribution in [-0.4, -0.2) is 77.3 Å². The standard InChI is InChI=1S/C18H16F4N4O6S/c1-23-13-3-2-11(6-12(13)19)32-14-7-26(8-17(14,28)9-27)33(29,30)16-5-4-15(24-25-16)31-10-18(20,21)22/h2-6,14,27-28H,7-10H2/t14-,17+/m0/s1. The van der Waals surface area contributed by atoms with Crippen molar-refractivity contribution in [1.82, 2.24) is 14.5 Å². The maximum absolute atomic E-state index is 13.8. The van der Waals surface area contributed by atoms with E-state index in [0.29, 0.717) is 0 Å². The number of sulfonamides is 1. The van der Waals surface area contributed by atoms with Crippen molar-refractivity contribution in [2.24, 2.45) is 0 Å². The Hall–Kier alpha value is -3.06. The average molecular weight is 492 g/mol. The molecule has 2 aromatic rings. The molecule has 1 saturated heterocycles. The Morgan fingerprint density at radius 1 is 1.27 bits per heavy atom. The van der Waals surface area contributed by atoms with Crippen LogP contribution in [0.4, 0.5) is 23.2 Å². The van der Waals surface area contributed by atoms with E-state index in [1.165, 1.54) is 6.07 Å². The molecule has 0 unspecified atom stereocenters. The molecule has 0 aliphatic carbocycles. The van der Waals surface area contributed by atoms with Gasteiger partial charge < -0.3 is 19.7 Å². The van der Waals surface area contributed by atoms with Crippen molar-refractivity contribution in [3.8, 4) is 11.6 Å². The Morgan fingerprint density at radius 2 is 2.00 bits per heavy atom. The number of aliphatic hydroxyl groups is 2. The van der Waals surface area contributed by atoms with E-state index in [1.807, 2.05) is 0 Å². The number of halogens is 4. The molecular formula is C18H16F4N4O6S. The van der Waals surface area contributed by atoms with Crippen LogP contribution in [0.5, 0.6) is 11.6 Å². The molecule has 10 nitrogen and oxygen atoms in total. The fraction of sp³-hybridized carbons (Fsp3) is 0.389. The lowest BCUT2D eigenvalue weighted by Crippen LogP contribution is -2.48. The van der Waals surface area contributed by atoms with Gasteiger partial charge in [-0.2, -0.15) is 17.5 Å². The molecule has 1 aliphatic rings. The largest absolute Gasteiger partial charge is 0.486 e. The molecule has 0 amide bonds. The molecule has 3 rings (SSSR count). The van der Waals surface area contributed by atoms with Gasteiger partial charge in [-0.3, -0.25) is 0 Å². The molecule has 178 valence electrons. The van der Waals surface area contributed by atoms with Crippen LogP contribution in [0.3, 0.4) is 0 Å². The molecule has 2 N–H and O–H groups in total. The summed E-state index contributed by atoms with van der Waals surface area (Å²) < 4.78 is 86.8. The van der Waals surface area contributed by atoms with E-state index in [2.05, 4.69) is 19.8 Å². The molecule has 1 aliphatic heterocycles.